The number of amides is 1. The number of rotatable bonds is 5. The smallest absolute Gasteiger partial charge is 0.252 e. The molecule has 0 spiro atoms. The fourth-order valence-electron chi connectivity index (χ4n) is 4.06. The minimum atomic E-state index is -0.442. The molecule has 140 valence electrons. The molecule has 1 aromatic carbocycles. The summed E-state index contributed by atoms with van der Waals surface area (Å²) in [7, 11) is 0. The molecule has 1 saturated carbocycles. The van der Waals surface area contributed by atoms with Gasteiger partial charge in [0.2, 0.25) is 0 Å². The van der Waals surface area contributed by atoms with E-state index in [0.29, 0.717) is 10.9 Å². The summed E-state index contributed by atoms with van der Waals surface area (Å²) >= 11 is 6.29. The topological polar surface area (TPSA) is 49.7 Å². The van der Waals surface area contributed by atoms with Gasteiger partial charge in [-0.05, 0) is 37.0 Å². The van der Waals surface area contributed by atoms with Gasteiger partial charge in [-0.25, -0.2) is 0 Å². The van der Waals surface area contributed by atoms with E-state index >= 15 is 0 Å². The second-order valence-corrected chi connectivity index (χ2v) is 7.89. The van der Waals surface area contributed by atoms with Gasteiger partial charge in [0.05, 0.1) is 12.2 Å². The third-order valence-corrected chi connectivity index (χ3v) is 5.99. The molecule has 3 rings (SSSR count). The molecular weight excluding hydrogens is 348 g/mol. The lowest BCUT2D eigenvalue weighted by atomic mass is 9.82. The SMILES string of the molecule is CCC(C)C1N=C(C2CCCCC2)c2cc(Cl)ccc2N(CC=O)C1=O. The van der Waals surface area contributed by atoms with E-state index < -0.39 is 6.04 Å². The molecule has 1 fully saturated rings. The number of carbonyl (C=O) groups is 2. The lowest BCUT2D eigenvalue weighted by Gasteiger charge is -2.25. The fourth-order valence-corrected chi connectivity index (χ4v) is 4.23. The zero-order valence-corrected chi connectivity index (χ0v) is 16.3. The largest absolute Gasteiger partial charge is 0.303 e. The lowest BCUT2D eigenvalue weighted by molar-refractivity contribution is -0.121. The maximum atomic E-state index is 13.2. The van der Waals surface area contributed by atoms with E-state index in [9.17, 15) is 9.59 Å². The van der Waals surface area contributed by atoms with E-state index in [1.807, 2.05) is 12.1 Å². The molecule has 0 saturated heterocycles. The van der Waals surface area contributed by atoms with E-state index in [4.69, 9.17) is 16.6 Å². The van der Waals surface area contributed by atoms with Crippen molar-refractivity contribution in [2.45, 2.75) is 58.4 Å². The van der Waals surface area contributed by atoms with Crippen LogP contribution in [0.3, 0.4) is 0 Å². The molecule has 0 aromatic heterocycles. The van der Waals surface area contributed by atoms with Crippen LogP contribution in [-0.2, 0) is 9.59 Å². The molecule has 0 bridgehead atoms. The molecule has 4 nitrogen and oxygen atoms in total. The van der Waals surface area contributed by atoms with Gasteiger partial charge in [0.15, 0.2) is 0 Å². The number of benzene rings is 1. The summed E-state index contributed by atoms with van der Waals surface area (Å²) in [6.45, 7) is 4.19. The minimum Gasteiger partial charge on any atom is -0.303 e. The van der Waals surface area contributed by atoms with Crippen LogP contribution in [0.25, 0.3) is 0 Å². The third-order valence-electron chi connectivity index (χ3n) is 5.75. The molecule has 5 heteroatoms. The van der Waals surface area contributed by atoms with E-state index in [2.05, 4.69) is 13.8 Å². The highest BCUT2D eigenvalue weighted by molar-refractivity contribution is 6.31. The molecule has 1 heterocycles. The van der Waals surface area contributed by atoms with Crippen molar-refractivity contribution in [2.24, 2.45) is 16.8 Å². The number of benzodiazepines with no additional fused rings is 1. The van der Waals surface area contributed by atoms with Crippen LogP contribution < -0.4 is 4.90 Å². The predicted molar refractivity (Wildman–Crippen MR) is 106 cm³/mol. The number of aliphatic imine (C=N–C) groups is 1. The zero-order chi connectivity index (χ0) is 18.7. The van der Waals surface area contributed by atoms with Crippen molar-refractivity contribution in [3.63, 3.8) is 0 Å². The van der Waals surface area contributed by atoms with Crippen LogP contribution in [0.2, 0.25) is 5.02 Å². The van der Waals surface area contributed by atoms with Gasteiger partial charge >= 0.3 is 0 Å². The normalized spacial score (nSPS) is 22.4. The molecular formula is C21H27ClN2O2. The highest BCUT2D eigenvalue weighted by atomic mass is 35.5. The number of aldehydes is 1. The van der Waals surface area contributed by atoms with E-state index in [-0.39, 0.29) is 18.4 Å². The zero-order valence-electron chi connectivity index (χ0n) is 15.6. The van der Waals surface area contributed by atoms with Gasteiger partial charge in [0, 0.05) is 22.2 Å². The number of fused-ring (bicyclic) bond motifs is 1. The average molecular weight is 375 g/mol. The van der Waals surface area contributed by atoms with E-state index in [1.54, 1.807) is 11.0 Å². The molecule has 1 amide bonds. The fraction of sp³-hybridized carbons (Fsp3) is 0.571. The number of nitrogens with zero attached hydrogens (tertiary/aromatic N) is 2. The van der Waals surface area contributed by atoms with Crippen LogP contribution in [0, 0.1) is 11.8 Å². The van der Waals surface area contributed by atoms with Gasteiger partial charge in [-0.3, -0.25) is 9.79 Å². The Morgan fingerprint density at radius 1 is 1.31 bits per heavy atom. The monoisotopic (exact) mass is 374 g/mol. The van der Waals surface area contributed by atoms with Gasteiger partial charge in [-0.1, -0.05) is 51.1 Å². The number of hydrogen-bond acceptors (Lipinski definition) is 3. The van der Waals surface area contributed by atoms with Crippen molar-refractivity contribution < 1.29 is 9.59 Å². The van der Waals surface area contributed by atoms with Gasteiger partial charge in [-0.15, -0.1) is 0 Å². The Morgan fingerprint density at radius 3 is 2.69 bits per heavy atom. The van der Waals surface area contributed by atoms with Crippen LogP contribution in [-0.4, -0.2) is 30.5 Å². The van der Waals surface area contributed by atoms with E-state index in [1.165, 1.54) is 19.3 Å². The highest BCUT2D eigenvalue weighted by Gasteiger charge is 2.36. The highest BCUT2D eigenvalue weighted by Crippen LogP contribution is 2.36. The first-order valence-electron chi connectivity index (χ1n) is 9.69. The van der Waals surface area contributed by atoms with Crippen molar-refractivity contribution in [3.8, 4) is 0 Å². The molecule has 1 aliphatic heterocycles. The summed E-state index contributed by atoms with van der Waals surface area (Å²) in [6.07, 6.45) is 7.50. The average Bonchev–Trinajstić information content (AvgIpc) is 2.77. The van der Waals surface area contributed by atoms with Gasteiger partial charge < -0.3 is 9.69 Å². The van der Waals surface area contributed by atoms with Crippen LogP contribution in [0.5, 0.6) is 0 Å². The van der Waals surface area contributed by atoms with Crippen molar-refractivity contribution >= 4 is 35.2 Å². The van der Waals surface area contributed by atoms with E-state index in [0.717, 1.165) is 42.5 Å². The second kappa shape index (κ2) is 8.34. The van der Waals surface area contributed by atoms with Gasteiger partial charge in [-0.2, -0.15) is 0 Å². The summed E-state index contributed by atoms with van der Waals surface area (Å²) in [5.41, 5.74) is 2.70. The van der Waals surface area contributed by atoms with Crippen molar-refractivity contribution in [1.82, 2.24) is 0 Å². The van der Waals surface area contributed by atoms with Crippen molar-refractivity contribution in [2.75, 3.05) is 11.4 Å². The lowest BCUT2D eigenvalue weighted by Crippen LogP contribution is -2.41. The first-order valence-corrected chi connectivity index (χ1v) is 10.1. The Labute approximate surface area is 160 Å². The molecule has 1 aromatic rings. The standard InChI is InChI=1S/C21H27ClN2O2/c1-3-14(2)19-21(26)24(11-12-25)18-10-9-16(22)13-17(18)20(23-19)15-7-5-4-6-8-15/h9-10,12-15,19H,3-8,11H2,1-2H3. The maximum absolute atomic E-state index is 13.2. The van der Waals surface area contributed by atoms with Crippen LogP contribution >= 0.6 is 11.6 Å². The Hall–Kier alpha value is -1.68. The first kappa shape index (κ1) is 19.1. The number of anilines is 1. The predicted octanol–water partition coefficient (Wildman–Crippen LogP) is 4.67. The Bertz CT molecular complexity index is 710. The number of hydrogen-bond donors (Lipinski definition) is 0. The first-order chi connectivity index (χ1) is 12.6. The van der Waals surface area contributed by atoms with Crippen LogP contribution in [0.15, 0.2) is 23.2 Å². The third kappa shape index (κ3) is 3.71. The van der Waals surface area contributed by atoms with Gasteiger partial charge in [0.1, 0.15) is 12.3 Å². The molecule has 2 aliphatic rings. The molecule has 26 heavy (non-hydrogen) atoms. The number of halogens is 1. The summed E-state index contributed by atoms with van der Waals surface area (Å²) in [5, 5.41) is 0.632. The van der Waals surface area contributed by atoms with Crippen LogP contribution in [0.1, 0.15) is 57.9 Å². The van der Waals surface area contributed by atoms with Crippen molar-refractivity contribution in [3.05, 3.63) is 28.8 Å². The molecule has 1 aliphatic carbocycles. The summed E-state index contributed by atoms with van der Waals surface area (Å²) in [5.74, 6) is 0.400. The minimum absolute atomic E-state index is 0.0495. The second-order valence-electron chi connectivity index (χ2n) is 7.46. The Kier molecular flexibility index (Phi) is 6.13. The molecule has 0 radical (unpaired) electrons. The molecule has 2 unspecified atom stereocenters. The summed E-state index contributed by atoms with van der Waals surface area (Å²) in [4.78, 5) is 31.1. The summed E-state index contributed by atoms with van der Waals surface area (Å²) < 4.78 is 0. The summed E-state index contributed by atoms with van der Waals surface area (Å²) in [6, 6.07) is 5.11. The van der Waals surface area contributed by atoms with Crippen LogP contribution in [0.4, 0.5) is 5.69 Å². The Morgan fingerprint density at radius 2 is 2.04 bits per heavy atom. The maximum Gasteiger partial charge on any atom is 0.252 e. The molecule has 2 atom stereocenters. The van der Waals surface area contributed by atoms with Crippen molar-refractivity contribution in [1.29, 1.82) is 0 Å². The Balaban J connectivity index is 2.16. The quantitative estimate of drug-likeness (QED) is 0.703. The van der Waals surface area contributed by atoms with Gasteiger partial charge in [0.25, 0.3) is 5.91 Å². The molecule has 0 N–H and O–H groups in total. The number of carbonyl (C=O) groups excluding carboxylic acids is 2.